The fourth-order valence-electron chi connectivity index (χ4n) is 3.08. The third kappa shape index (κ3) is 6.38. The summed E-state index contributed by atoms with van der Waals surface area (Å²) in [6, 6.07) is 14.7. The summed E-state index contributed by atoms with van der Waals surface area (Å²) < 4.78 is 10.5. The molecular formula is C22H28N4O4. The number of carbonyl (C=O) groups is 2. The fourth-order valence-corrected chi connectivity index (χ4v) is 3.08. The Morgan fingerprint density at radius 1 is 0.900 bits per heavy atom. The molecule has 8 heteroatoms. The predicted molar refractivity (Wildman–Crippen MR) is 116 cm³/mol. The third-order valence-electron chi connectivity index (χ3n) is 4.89. The first kappa shape index (κ1) is 21.4. The van der Waals surface area contributed by atoms with Crippen LogP contribution < -0.4 is 25.0 Å². The van der Waals surface area contributed by atoms with Gasteiger partial charge in [0.2, 0.25) is 5.91 Å². The first-order valence-electron chi connectivity index (χ1n) is 9.90. The van der Waals surface area contributed by atoms with Crippen LogP contribution in [0.4, 0.5) is 11.4 Å². The Morgan fingerprint density at radius 3 is 2.17 bits per heavy atom. The quantitative estimate of drug-likeness (QED) is 0.685. The Balaban J connectivity index is 1.37. The fraction of sp³-hybridized carbons (Fsp3) is 0.364. The maximum Gasteiger partial charge on any atom is 0.258 e. The summed E-state index contributed by atoms with van der Waals surface area (Å²) in [5.74, 6) is 0.599. The number of likely N-dealkylation sites (N-methyl/N-ethyl adjacent to an activating group) is 1. The van der Waals surface area contributed by atoms with E-state index < -0.39 is 0 Å². The molecular weight excluding hydrogens is 384 g/mol. The lowest BCUT2D eigenvalue weighted by Gasteiger charge is -2.34. The second-order valence-corrected chi connectivity index (χ2v) is 7.13. The van der Waals surface area contributed by atoms with E-state index in [1.54, 1.807) is 31.4 Å². The number of methoxy groups -OCH3 is 1. The lowest BCUT2D eigenvalue weighted by Crippen LogP contribution is -2.44. The zero-order valence-electron chi connectivity index (χ0n) is 17.4. The second kappa shape index (κ2) is 10.5. The largest absolute Gasteiger partial charge is 0.497 e. The van der Waals surface area contributed by atoms with Crippen LogP contribution in [0.15, 0.2) is 48.5 Å². The smallest absolute Gasteiger partial charge is 0.258 e. The summed E-state index contributed by atoms with van der Waals surface area (Å²) in [4.78, 5) is 28.6. The van der Waals surface area contributed by atoms with Gasteiger partial charge in [0.1, 0.15) is 11.5 Å². The monoisotopic (exact) mass is 412 g/mol. The zero-order valence-corrected chi connectivity index (χ0v) is 17.4. The number of hydrogen-bond acceptors (Lipinski definition) is 6. The number of nitrogens with one attached hydrogen (secondary N) is 2. The van der Waals surface area contributed by atoms with Crippen LogP contribution in [-0.4, -0.2) is 70.2 Å². The van der Waals surface area contributed by atoms with Gasteiger partial charge in [0.05, 0.1) is 13.7 Å². The third-order valence-corrected chi connectivity index (χ3v) is 4.89. The molecule has 0 aliphatic carbocycles. The van der Waals surface area contributed by atoms with Crippen molar-refractivity contribution in [3.05, 3.63) is 48.5 Å². The maximum absolute atomic E-state index is 12.1. The van der Waals surface area contributed by atoms with Gasteiger partial charge in [0, 0.05) is 37.6 Å². The van der Waals surface area contributed by atoms with E-state index in [2.05, 4.69) is 27.5 Å². The highest BCUT2D eigenvalue weighted by Crippen LogP contribution is 2.19. The Labute approximate surface area is 176 Å². The summed E-state index contributed by atoms with van der Waals surface area (Å²) in [7, 11) is 3.70. The maximum atomic E-state index is 12.1. The van der Waals surface area contributed by atoms with Gasteiger partial charge in [-0.05, 0) is 55.6 Å². The number of nitrogens with zero attached hydrogens (tertiary/aromatic N) is 2. The van der Waals surface area contributed by atoms with E-state index in [9.17, 15) is 9.59 Å². The van der Waals surface area contributed by atoms with E-state index in [1.165, 1.54) is 0 Å². The Morgan fingerprint density at radius 2 is 1.53 bits per heavy atom. The van der Waals surface area contributed by atoms with Gasteiger partial charge in [-0.25, -0.2) is 0 Å². The van der Waals surface area contributed by atoms with E-state index in [1.807, 2.05) is 24.3 Å². The van der Waals surface area contributed by atoms with Crippen molar-refractivity contribution in [3.8, 4) is 11.5 Å². The SMILES string of the molecule is COc1ccc(OCC(=O)NCC(=O)Nc2ccc(N3CCN(C)CC3)cc2)cc1. The molecule has 1 aliphatic rings. The normalized spacial score (nSPS) is 14.1. The molecule has 1 fully saturated rings. The van der Waals surface area contributed by atoms with Gasteiger partial charge in [0.25, 0.3) is 5.91 Å². The first-order valence-corrected chi connectivity index (χ1v) is 9.90. The minimum absolute atomic E-state index is 0.120. The lowest BCUT2D eigenvalue weighted by atomic mass is 10.2. The summed E-state index contributed by atoms with van der Waals surface area (Å²) in [5, 5.41) is 5.33. The second-order valence-electron chi connectivity index (χ2n) is 7.13. The summed E-state index contributed by atoms with van der Waals surface area (Å²) in [6.07, 6.45) is 0. The molecule has 0 atom stereocenters. The average Bonchev–Trinajstić information content (AvgIpc) is 2.78. The van der Waals surface area contributed by atoms with Crippen LogP contribution in [0.25, 0.3) is 0 Å². The highest BCUT2D eigenvalue weighted by Gasteiger charge is 2.14. The van der Waals surface area contributed by atoms with E-state index in [-0.39, 0.29) is 25.0 Å². The number of piperazine rings is 1. The number of amides is 2. The summed E-state index contributed by atoms with van der Waals surface area (Å²) >= 11 is 0. The molecule has 0 saturated carbocycles. The number of rotatable bonds is 8. The van der Waals surface area contributed by atoms with Crippen LogP contribution in [0.3, 0.4) is 0 Å². The van der Waals surface area contributed by atoms with Gasteiger partial charge in [-0.15, -0.1) is 0 Å². The first-order chi connectivity index (χ1) is 14.5. The Hall–Kier alpha value is -3.26. The van der Waals surface area contributed by atoms with Crippen LogP contribution in [0.2, 0.25) is 0 Å². The number of carbonyl (C=O) groups excluding carboxylic acids is 2. The number of hydrogen-bond donors (Lipinski definition) is 2. The Kier molecular flexibility index (Phi) is 7.51. The Bertz CT molecular complexity index is 831. The molecule has 1 saturated heterocycles. The van der Waals surface area contributed by atoms with Crippen LogP contribution in [0.1, 0.15) is 0 Å². The van der Waals surface area contributed by atoms with Crippen LogP contribution in [0.5, 0.6) is 11.5 Å². The highest BCUT2D eigenvalue weighted by atomic mass is 16.5. The van der Waals surface area contributed by atoms with Crippen molar-refractivity contribution in [1.29, 1.82) is 0 Å². The van der Waals surface area contributed by atoms with Gasteiger partial charge in [-0.2, -0.15) is 0 Å². The van der Waals surface area contributed by atoms with Crippen LogP contribution in [0, 0.1) is 0 Å². The molecule has 2 aromatic rings. The molecule has 8 nitrogen and oxygen atoms in total. The molecule has 3 rings (SSSR count). The van der Waals surface area contributed by atoms with Crippen molar-refractivity contribution >= 4 is 23.2 Å². The topological polar surface area (TPSA) is 83.1 Å². The van der Waals surface area contributed by atoms with E-state index >= 15 is 0 Å². The van der Waals surface area contributed by atoms with Crippen molar-refractivity contribution in [2.45, 2.75) is 0 Å². The zero-order chi connectivity index (χ0) is 21.3. The van der Waals surface area contributed by atoms with Crippen LogP contribution >= 0.6 is 0 Å². The molecule has 0 bridgehead atoms. The van der Waals surface area contributed by atoms with Crippen molar-refractivity contribution in [1.82, 2.24) is 10.2 Å². The van der Waals surface area contributed by atoms with Crippen LogP contribution in [-0.2, 0) is 9.59 Å². The summed E-state index contributed by atoms with van der Waals surface area (Å²) in [5.41, 5.74) is 1.84. The molecule has 1 heterocycles. The molecule has 0 radical (unpaired) electrons. The lowest BCUT2D eigenvalue weighted by molar-refractivity contribution is -0.125. The van der Waals surface area contributed by atoms with Gasteiger partial charge in [-0.1, -0.05) is 0 Å². The number of ether oxygens (including phenoxy) is 2. The number of anilines is 2. The molecule has 2 amide bonds. The van der Waals surface area contributed by atoms with Gasteiger partial charge in [0.15, 0.2) is 6.61 Å². The molecule has 30 heavy (non-hydrogen) atoms. The van der Waals surface area contributed by atoms with Gasteiger partial charge < -0.3 is 29.9 Å². The predicted octanol–water partition coefficient (Wildman–Crippen LogP) is 1.58. The van der Waals surface area contributed by atoms with Crippen molar-refractivity contribution in [2.24, 2.45) is 0 Å². The molecule has 1 aliphatic heterocycles. The van der Waals surface area contributed by atoms with E-state index in [0.29, 0.717) is 17.2 Å². The minimum atomic E-state index is -0.369. The van der Waals surface area contributed by atoms with Crippen molar-refractivity contribution in [2.75, 3.05) is 63.7 Å². The van der Waals surface area contributed by atoms with Crippen molar-refractivity contribution in [3.63, 3.8) is 0 Å². The van der Waals surface area contributed by atoms with Gasteiger partial charge in [-0.3, -0.25) is 9.59 Å². The average molecular weight is 412 g/mol. The molecule has 0 spiro atoms. The molecule has 2 aromatic carbocycles. The summed E-state index contributed by atoms with van der Waals surface area (Å²) in [6.45, 7) is 3.78. The molecule has 0 aromatic heterocycles. The van der Waals surface area contributed by atoms with Crippen molar-refractivity contribution < 1.29 is 19.1 Å². The van der Waals surface area contributed by atoms with E-state index in [0.717, 1.165) is 31.9 Å². The molecule has 0 unspecified atom stereocenters. The highest BCUT2D eigenvalue weighted by molar-refractivity contribution is 5.94. The number of benzene rings is 2. The van der Waals surface area contributed by atoms with Gasteiger partial charge >= 0.3 is 0 Å². The minimum Gasteiger partial charge on any atom is -0.497 e. The molecule has 2 N–H and O–H groups in total. The molecule has 160 valence electrons. The standard InChI is InChI=1S/C22H28N4O4/c1-25-11-13-26(14-12-25)18-5-3-17(4-6-18)24-21(27)15-23-22(28)16-30-20-9-7-19(29-2)8-10-20/h3-10H,11-16H2,1-2H3,(H,23,28)(H,24,27). The van der Waals surface area contributed by atoms with E-state index in [4.69, 9.17) is 9.47 Å².